The van der Waals surface area contributed by atoms with Crippen molar-refractivity contribution < 1.29 is 0 Å². The molecule has 6 heteroatoms. The van der Waals surface area contributed by atoms with Crippen LogP contribution in [0.25, 0.3) is 79.8 Å². The van der Waals surface area contributed by atoms with E-state index in [1.165, 1.54) is 11.1 Å². The van der Waals surface area contributed by atoms with Crippen LogP contribution in [0.2, 0.25) is 0 Å². The van der Waals surface area contributed by atoms with Gasteiger partial charge in [-0.2, -0.15) is 10.5 Å². The molecule has 2 aliphatic rings. The second-order valence-corrected chi connectivity index (χ2v) is 17.8. The first-order valence-electron chi connectivity index (χ1n) is 20.8. The monoisotopic (exact) mass is 800 g/mol. The zero-order valence-corrected chi connectivity index (χ0v) is 35.6. The molecule has 0 unspecified atom stereocenters. The third-order valence-corrected chi connectivity index (χ3v) is 11.4. The van der Waals surface area contributed by atoms with Crippen LogP contribution in [-0.2, 0) is 10.8 Å². The van der Waals surface area contributed by atoms with E-state index in [1.54, 1.807) is 18.2 Å². The molecule has 6 nitrogen and oxygen atoms in total. The molecule has 0 radical (unpaired) electrons. The molecule has 298 valence electrons. The summed E-state index contributed by atoms with van der Waals surface area (Å²) in [5, 5.41) is 18.9. The minimum Gasteiger partial charge on any atom is -0.355 e. The number of rotatable bonds is 3. The number of hydrogen-bond donors (Lipinski definition) is 2. The van der Waals surface area contributed by atoms with E-state index in [2.05, 4.69) is 191 Å². The van der Waals surface area contributed by atoms with Crippen molar-refractivity contribution in [1.82, 2.24) is 19.9 Å². The number of fused-ring (bicyclic) bond motifs is 8. The molecule has 0 amide bonds. The lowest BCUT2D eigenvalue weighted by Crippen LogP contribution is -2.10. The first-order valence-corrected chi connectivity index (χ1v) is 20.8. The number of hydrogen-bond acceptors (Lipinski definition) is 4. The number of H-pyrrole nitrogens is 2. The SMILES string of the molecule is CC(C)(C)c1ccc(-c2c3nc(c(-c4ccc(C#Cc5ccc(C#N)c(C#N)c5)cc4)c4nc(c(-c5ccc(C(C)(C)C)cc5)c5ccc(cc6ccc2[nH]6)[nH]5)C=C4)C=C3)cc1. The zero-order chi connectivity index (χ0) is 43.2. The molecule has 4 aromatic carbocycles. The van der Waals surface area contributed by atoms with E-state index in [1.807, 2.05) is 12.1 Å². The summed E-state index contributed by atoms with van der Waals surface area (Å²) < 4.78 is 0. The van der Waals surface area contributed by atoms with Gasteiger partial charge in [-0.05, 0) is 124 Å². The quantitative estimate of drug-likeness (QED) is 0.174. The average molecular weight is 801 g/mol. The predicted molar refractivity (Wildman–Crippen MR) is 254 cm³/mol. The van der Waals surface area contributed by atoms with Gasteiger partial charge in [0.1, 0.15) is 12.1 Å². The number of aromatic amines is 2. The van der Waals surface area contributed by atoms with Gasteiger partial charge in [0.2, 0.25) is 0 Å². The summed E-state index contributed by atoms with van der Waals surface area (Å²) in [6.07, 6.45) is 8.39. The molecule has 5 heterocycles. The fraction of sp³-hybridized carbons (Fsp3) is 0.143. The van der Waals surface area contributed by atoms with Crippen LogP contribution in [0.3, 0.4) is 0 Å². The number of nitriles is 2. The Kier molecular flexibility index (Phi) is 9.91. The molecular formula is C56H44N6. The highest BCUT2D eigenvalue weighted by Gasteiger charge is 2.21. The summed E-state index contributed by atoms with van der Waals surface area (Å²) in [5.41, 5.74) is 17.9. The van der Waals surface area contributed by atoms with Crippen LogP contribution < -0.4 is 0 Å². The minimum atomic E-state index is 0.0208. The Bertz CT molecular complexity index is 3140. The van der Waals surface area contributed by atoms with Crippen LogP contribution in [0, 0.1) is 34.5 Å². The first-order chi connectivity index (χ1) is 29.8. The topological polar surface area (TPSA) is 105 Å². The lowest BCUT2D eigenvalue weighted by molar-refractivity contribution is 0.590. The highest BCUT2D eigenvalue weighted by atomic mass is 14.8. The average Bonchev–Trinajstić information content (AvgIpc) is 4.11. The van der Waals surface area contributed by atoms with Gasteiger partial charge in [-0.15, -0.1) is 0 Å². The maximum Gasteiger partial charge on any atom is 0.101 e. The summed E-state index contributed by atoms with van der Waals surface area (Å²) in [7, 11) is 0. The van der Waals surface area contributed by atoms with E-state index in [0.29, 0.717) is 16.7 Å². The van der Waals surface area contributed by atoms with E-state index in [9.17, 15) is 10.5 Å². The van der Waals surface area contributed by atoms with Gasteiger partial charge in [-0.3, -0.25) is 0 Å². The van der Waals surface area contributed by atoms with Crippen LogP contribution in [-0.4, -0.2) is 19.9 Å². The molecule has 2 N–H and O–H groups in total. The fourth-order valence-electron chi connectivity index (χ4n) is 7.99. The molecule has 8 bridgehead atoms. The molecule has 3 aromatic heterocycles. The summed E-state index contributed by atoms with van der Waals surface area (Å²) in [6, 6.07) is 45.6. The standard InChI is InChI=1S/C56H44N6/c1-55(2,3)42-19-15-38(16-20-42)52-46-25-23-44(59-46)32-45-24-26-47(60-45)53(39-17-21-43(22-18-39)56(4,5)6)49-28-30-51(62-49)54(50-29-27-48(52)61-50)37-12-9-35(10-13-37)7-8-36-11-14-40(33-57)41(31-36)34-58/h9-32,59-60H,1-6H3. The Morgan fingerprint density at radius 3 is 1.27 bits per heavy atom. The normalized spacial score (nSPS) is 12.1. The summed E-state index contributed by atoms with van der Waals surface area (Å²) in [4.78, 5) is 18.2. The van der Waals surface area contributed by atoms with Gasteiger partial charge in [0.15, 0.2) is 0 Å². The van der Waals surface area contributed by atoms with E-state index in [-0.39, 0.29) is 10.8 Å². The van der Waals surface area contributed by atoms with Crippen molar-refractivity contribution in [3.63, 3.8) is 0 Å². The Balaban J connectivity index is 1.28. The maximum absolute atomic E-state index is 9.52. The Hall–Kier alpha value is -7.98. The summed E-state index contributed by atoms with van der Waals surface area (Å²) in [6.45, 7) is 13.4. The fourth-order valence-corrected chi connectivity index (χ4v) is 7.99. The molecule has 0 fully saturated rings. The lowest BCUT2D eigenvalue weighted by Gasteiger charge is -2.19. The number of nitrogens with zero attached hydrogens (tertiary/aromatic N) is 4. The smallest absolute Gasteiger partial charge is 0.101 e. The Labute approximate surface area is 362 Å². The molecule has 0 saturated heterocycles. The van der Waals surface area contributed by atoms with Crippen molar-refractivity contribution in [3.8, 4) is 57.4 Å². The van der Waals surface area contributed by atoms with Crippen molar-refractivity contribution >= 4 is 46.4 Å². The Morgan fingerprint density at radius 2 is 0.823 bits per heavy atom. The van der Waals surface area contributed by atoms with Gasteiger partial charge in [-0.1, -0.05) is 114 Å². The summed E-state index contributed by atoms with van der Waals surface area (Å²) >= 11 is 0. The second-order valence-electron chi connectivity index (χ2n) is 17.8. The van der Waals surface area contributed by atoms with Crippen molar-refractivity contribution in [1.29, 1.82) is 10.5 Å². The molecule has 0 saturated carbocycles. The van der Waals surface area contributed by atoms with E-state index < -0.39 is 0 Å². The highest BCUT2D eigenvalue weighted by molar-refractivity contribution is 5.96. The van der Waals surface area contributed by atoms with Crippen molar-refractivity contribution in [2.45, 2.75) is 52.4 Å². The highest BCUT2D eigenvalue weighted by Crippen LogP contribution is 2.38. The van der Waals surface area contributed by atoms with Gasteiger partial charge >= 0.3 is 0 Å². The van der Waals surface area contributed by atoms with Gasteiger partial charge in [0.05, 0.1) is 33.9 Å². The van der Waals surface area contributed by atoms with Gasteiger partial charge < -0.3 is 9.97 Å². The minimum absolute atomic E-state index is 0.0208. The van der Waals surface area contributed by atoms with Crippen molar-refractivity contribution in [2.75, 3.05) is 0 Å². The number of benzene rings is 4. The third-order valence-electron chi connectivity index (χ3n) is 11.4. The molecule has 2 aliphatic heterocycles. The summed E-state index contributed by atoms with van der Waals surface area (Å²) in [5.74, 6) is 6.40. The van der Waals surface area contributed by atoms with E-state index in [4.69, 9.17) is 9.97 Å². The number of aromatic nitrogens is 4. The molecule has 0 atom stereocenters. The van der Waals surface area contributed by atoms with Crippen molar-refractivity contribution in [3.05, 3.63) is 177 Å². The lowest BCUT2D eigenvalue weighted by atomic mass is 9.86. The molecule has 9 rings (SSSR count). The molecule has 0 spiro atoms. The first kappa shape index (κ1) is 39.5. The van der Waals surface area contributed by atoms with Gasteiger partial charge in [-0.25, -0.2) is 9.97 Å². The van der Waals surface area contributed by atoms with Gasteiger partial charge in [0.25, 0.3) is 0 Å². The number of nitrogens with one attached hydrogen (secondary N) is 2. The third kappa shape index (κ3) is 7.77. The second kappa shape index (κ2) is 15.6. The molecule has 62 heavy (non-hydrogen) atoms. The zero-order valence-electron chi connectivity index (χ0n) is 35.6. The van der Waals surface area contributed by atoms with E-state index in [0.717, 1.165) is 83.8 Å². The van der Waals surface area contributed by atoms with Gasteiger partial charge in [0, 0.05) is 49.9 Å². The molecular weight excluding hydrogens is 757 g/mol. The van der Waals surface area contributed by atoms with Crippen molar-refractivity contribution in [2.24, 2.45) is 0 Å². The van der Waals surface area contributed by atoms with Crippen LogP contribution in [0.5, 0.6) is 0 Å². The van der Waals surface area contributed by atoms with Crippen LogP contribution in [0.4, 0.5) is 0 Å². The van der Waals surface area contributed by atoms with Crippen LogP contribution in [0.15, 0.2) is 121 Å². The largest absolute Gasteiger partial charge is 0.355 e. The molecule has 0 aliphatic carbocycles. The van der Waals surface area contributed by atoms with E-state index >= 15 is 0 Å². The predicted octanol–water partition coefficient (Wildman–Crippen LogP) is 13.4. The van der Waals surface area contributed by atoms with Crippen LogP contribution >= 0.6 is 0 Å². The molecule has 7 aromatic rings. The maximum atomic E-state index is 9.52. The Morgan fingerprint density at radius 1 is 0.419 bits per heavy atom. The van der Waals surface area contributed by atoms with Crippen LogP contribution in [0.1, 0.15) is 97.7 Å².